The molecule has 3 nitrogen and oxygen atoms in total. The van der Waals surface area contributed by atoms with E-state index in [1.54, 1.807) is 0 Å². The molecule has 0 amide bonds. The second kappa shape index (κ2) is 3.91. The fourth-order valence-corrected chi connectivity index (χ4v) is 2.49. The molecule has 0 saturated heterocycles. The molecule has 3 rings (SSSR count). The second-order valence-corrected chi connectivity index (χ2v) is 4.84. The molecule has 1 aliphatic heterocycles. The van der Waals surface area contributed by atoms with Gasteiger partial charge in [-0.15, -0.1) is 0 Å². The van der Waals surface area contributed by atoms with Gasteiger partial charge in [0.25, 0.3) is 0 Å². The van der Waals surface area contributed by atoms with Crippen molar-refractivity contribution in [1.29, 1.82) is 0 Å². The molecule has 17 heavy (non-hydrogen) atoms. The summed E-state index contributed by atoms with van der Waals surface area (Å²) in [6.45, 7) is 3.35. The van der Waals surface area contributed by atoms with Gasteiger partial charge in [-0.2, -0.15) is 0 Å². The van der Waals surface area contributed by atoms with E-state index in [1.165, 1.54) is 18.7 Å². The normalized spacial score (nSPS) is 19.0. The third-order valence-electron chi connectivity index (χ3n) is 3.49. The van der Waals surface area contributed by atoms with Gasteiger partial charge in [0, 0.05) is 29.9 Å². The zero-order chi connectivity index (χ0) is 11.8. The molecule has 0 bridgehead atoms. The molecule has 1 aromatic heterocycles. The Labute approximate surface area is 101 Å². The number of aryl methyl sites for hydroxylation is 1. The fraction of sp³-hybridized carbons (Fsp3) is 0.357. The van der Waals surface area contributed by atoms with E-state index in [0.717, 1.165) is 23.5 Å². The number of anilines is 1. The number of nitrogen functional groups attached to an aromatic ring is 1. The number of benzene rings is 1. The molecule has 2 N–H and O–H groups in total. The lowest BCUT2D eigenvalue weighted by molar-refractivity contribution is 0.463. The molecule has 0 unspecified atom stereocenters. The first kappa shape index (κ1) is 10.4. The maximum Gasteiger partial charge on any atom is 0.112 e. The van der Waals surface area contributed by atoms with Crippen molar-refractivity contribution in [3.8, 4) is 11.3 Å². The smallest absolute Gasteiger partial charge is 0.112 e. The lowest BCUT2D eigenvalue weighted by Crippen LogP contribution is -2.12. The summed E-state index contributed by atoms with van der Waals surface area (Å²) < 4.78 is 2.29. The summed E-state index contributed by atoms with van der Waals surface area (Å²) in [4.78, 5) is 4.75. The standard InChI is InChI=1S/C14H17N3/c1-10-3-2-8-17-9-13(16-14(10)17)11-4-6-12(15)7-5-11/h4-7,9-10H,2-3,8,15H2,1H3/t10-/m0/s1. The SMILES string of the molecule is C[C@H]1CCCn2cc(-c3ccc(N)cc3)nc21. The van der Waals surface area contributed by atoms with Crippen molar-refractivity contribution in [2.24, 2.45) is 0 Å². The molecule has 0 spiro atoms. The molecule has 0 saturated carbocycles. The third-order valence-corrected chi connectivity index (χ3v) is 3.49. The Morgan fingerprint density at radius 2 is 2.06 bits per heavy atom. The Hall–Kier alpha value is -1.77. The van der Waals surface area contributed by atoms with Gasteiger partial charge in [-0.25, -0.2) is 4.98 Å². The predicted octanol–water partition coefficient (Wildman–Crippen LogP) is 3.03. The van der Waals surface area contributed by atoms with Crippen LogP contribution in [0.25, 0.3) is 11.3 Å². The minimum absolute atomic E-state index is 0.575. The average molecular weight is 227 g/mol. The average Bonchev–Trinajstić information content (AvgIpc) is 2.75. The minimum atomic E-state index is 0.575. The monoisotopic (exact) mass is 227 g/mol. The number of rotatable bonds is 1. The van der Waals surface area contributed by atoms with Crippen LogP contribution in [0.2, 0.25) is 0 Å². The van der Waals surface area contributed by atoms with Crippen molar-refractivity contribution < 1.29 is 0 Å². The zero-order valence-electron chi connectivity index (χ0n) is 10.1. The summed E-state index contributed by atoms with van der Waals surface area (Å²) in [5, 5.41) is 0. The summed E-state index contributed by atoms with van der Waals surface area (Å²) in [6, 6.07) is 7.93. The van der Waals surface area contributed by atoms with Crippen LogP contribution in [0.15, 0.2) is 30.5 Å². The van der Waals surface area contributed by atoms with E-state index in [4.69, 9.17) is 10.7 Å². The van der Waals surface area contributed by atoms with Crippen molar-refractivity contribution in [3.63, 3.8) is 0 Å². The van der Waals surface area contributed by atoms with Gasteiger partial charge in [0.05, 0.1) is 5.69 Å². The Morgan fingerprint density at radius 1 is 1.29 bits per heavy atom. The molecular weight excluding hydrogens is 210 g/mol. The molecular formula is C14H17N3. The van der Waals surface area contributed by atoms with Gasteiger partial charge in [-0.05, 0) is 25.0 Å². The van der Waals surface area contributed by atoms with Crippen LogP contribution >= 0.6 is 0 Å². The fourth-order valence-electron chi connectivity index (χ4n) is 2.49. The number of nitrogens with two attached hydrogens (primary N) is 1. The van der Waals surface area contributed by atoms with E-state index in [-0.39, 0.29) is 0 Å². The maximum atomic E-state index is 5.70. The van der Waals surface area contributed by atoms with E-state index in [2.05, 4.69) is 17.7 Å². The molecule has 1 aliphatic rings. The molecule has 1 atom stereocenters. The molecule has 0 aliphatic carbocycles. The summed E-state index contributed by atoms with van der Waals surface area (Å²) in [5.41, 5.74) is 8.71. The van der Waals surface area contributed by atoms with Gasteiger partial charge in [0.2, 0.25) is 0 Å². The van der Waals surface area contributed by atoms with E-state index in [1.807, 2.05) is 24.3 Å². The van der Waals surface area contributed by atoms with Crippen molar-refractivity contribution in [2.75, 3.05) is 5.73 Å². The van der Waals surface area contributed by atoms with Crippen LogP contribution in [-0.2, 0) is 6.54 Å². The van der Waals surface area contributed by atoms with Crippen LogP contribution in [0.3, 0.4) is 0 Å². The van der Waals surface area contributed by atoms with E-state index >= 15 is 0 Å². The van der Waals surface area contributed by atoms with Crippen LogP contribution in [0.4, 0.5) is 5.69 Å². The van der Waals surface area contributed by atoms with Gasteiger partial charge >= 0.3 is 0 Å². The molecule has 2 heterocycles. The Kier molecular flexibility index (Phi) is 2.39. The van der Waals surface area contributed by atoms with Crippen LogP contribution < -0.4 is 5.73 Å². The number of hydrogen-bond donors (Lipinski definition) is 1. The lowest BCUT2D eigenvalue weighted by Gasteiger charge is -2.19. The highest BCUT2D eigenvalue weighted by molar-refractivity contribution is 5.61. The second-order valence-electron chi connectivity index (χ2n) is 4.84. The van der Waals surface area contributed by atoms with Gasteiger partial charge in [0.15, 0.2) is 0 Å². The minimum Gasteiger partial charge on any atom is -0.399 e. The maximum absolute atomic E-state index is 5.70. The van der Waals surface area contributed by atoms with E-state index < -0.39 is 0 Å². The molecule has 88 valence electrons. The van der Waals surface area contributed by atoms with Crippen LogP contribution in [0.5, 0.6) is 0 Å². The van der Waals surface area contributed by atoms with Crippen LogP contribution in [0.1, 0.15) is 31.5 Å². The molecule has 0 radical (unpaired) electrons. The Bertz CT molecular complexity index is 525. The van der Waals surface area contributed by atoms with Crippen molar-refractivity contribution in [2.45, 2.75) is 32.2 Å². The highest BCUT2D eigenvalue weighted by Gasteiger charge is 2.19. The molecule has 0 fully saturated rings. The first-order valence-corrected chi connectivity index (χ1v) is 6.17. The van der Waals surface area contributed by atoms with E-state index in [9.17, 15) is 0 Å². The van der Waals surface area contributed by atoms with Crippen molar-refractivity contribution in [3.05, 3.63) is 36.3 Å². The first-order valence-electron chi connectivity index (χ1n) is 6.17. The predicted molar refractivity (Wildman–Crippen MR) is 69.7 cm³/mol. The number of nitrogens with zero attached hydrogens (tertiary/aromatic N) is 2. The number of imidazole rings is 1. The van der Waals surface area contributed by atoms with Crippen LogP contribution in [0, 0.1) is 0 Å². The van der Waals surface area contributed by atoms with Gasteiger partial charge in [-0.1, -0.05) is 19.1 Å². The topological polar surface area (TPSA) is 43.8 Å². The van der Waals surface area contributed by atoms with E-state index in [0.29, 0.717) is 5.92 Å². The number of aromatic nitrogens is 2. The quantitative estimate of drug-likeness (QED) is 0.761. The third kappa shape index (κ3) is 1.82. The lowest BCUT2D eigenvalue weighted by atomic mass is 10.0. The highest BCUT2D eigenvalue weighted by atomic mass is 15.1. The number of hydrogen-bond acceptors (Lipinski definition) is 2. The first-order chi connectivity index (χ1) is 8.24. The molecule has 3 heteroatoms. The van der Waals surface area contributed by atoms with Gasteiger partial charge in [-0.3, -0.25) is 0 Å². The van der Waals surface area contributed by atoms with Gasteiger partial charge in [0.1, 0.15) is 5.82 Å². The van der Waals surface area contributed by atoms with Crippen molar-refractivity contribution in [1.82, 2.24) is 9.55 Å². The number of fused-ring (bicyclic) bond motifs is 1. The van der Waals surface area contributed by atoms with Crippen LogP contribution in [-0.4, -0.2) is 9.55 Å². The zero-order valence-corrected chi connectivity index (χ0v) is 10.1. The Balaban J connectivity index is 2.02. The summed E-state index contributed by atoms with van der Waals surface area (Å²) in [5.74, 6) is 1.80. The molecule has 1 aromatic carbocycles. The summed E-state index contributed by atoms with van der Waals surface area (Å²) >= 11 is 0. The molecule has 2 aromatic rings. The highest BCUT2D eigenvalue weighted by Crippen LogP contribution is 2.29. The summed E-state index contributed by atoms with van der Waals surface area (Å²) in [7, 11) is 0. The largest absolute Gasteiger partial charge is 0.399 e. The van der Waals surface area contributed by atoms with Crippen molar-refractivity contribution >= 4 is 5.69 Å². The summed E-state index contributed by atoms with van der Waals surface area (Å²) in [6.07, 6.45) is 4.67. The Morgan fingerprint density at radius 3 is 2.76 bits per heavy atom. The van der Waals surface area contributed by atoms with Gasteiger partial charge < -0.3 is 10.3 Å².